The van der Waals surface area contributed by atoms with Crippen LogP contribution in [-0.2, 0) is 11.2 Å². The van der Waals surface area contributed by atoms with Gasteiger partial charge < -0.3 is 20.5 Å². The molecular weight excluding hydrogens is 272 g/mol. The standard InChI is InChI=1S/C15H20N2O4/c18-14(19)12-4-1-3-11(9-12)6-7-16-15(20)17-10-13-5-2-8-21-13/h1,3-4,9,13H,2,5-8,10H2,(H,18,19)(H2,16,17,20). The third-order valence-corrected chi connectivity index (χ3v) is 3.39. The van der Waals surface area contributed by atoms with E-state index in [-0.39, 0.29) is 17.7 Å². The van der Waals surface area contributed by atoms with Gasteiger partial charge in [-0.3, -0.25) is 0 Å². The molecule has 1 aromatic rings. The number of hydrogen-bond acceptors (Lipinski definition) is 3. The molecule has 1 aliphatic rings. The molecule has 0 radical (unpaired) electrons. The number of carbonyl (C=O) groups excluding carboxylic acids is 1. The predicted molar refractivity (Wildman–Crippen MR) is 77.5 cm³/mol. The monoisotopic (exact) mass is 292 g/mol. The van der Waals surface area contributed by atoms with Crippen LogP contribution < -0.4 is 10.6 Å². The van der Waals surface area contributed by atoms with Gasteiger partial charge in [0.05, 0.1) is 11.7 Å². The fourth-order valence-electron chi connectivity index (χ4n) is 2.25. The number of carboxylic acids is 1. The first-order valence-electron chi connectivity index (χ1n) is 7.10. The van der Waals surface area contributed by atoms with Gasteiger partial charge in [-0.1, -0.05) is 12.1 Å². The van der Waals surface area contributed by atoms with Crippen molar-refractivity contribution in [2.75, 3.05) is 19.7 Å². The summed E-state index contributed by atoms with van der Waals surface area (Å²) in [6, 6.07) is 6.50. The minimum Gasteiger partial charge on any atom is -0.478 e. The normalized spacial score (nSPS) is 17.4. The van der Waals surface area contributed by atoms with Crippen molar-refractivity contribution in [1.82, 2.24) is 10.6 Å². The lowest BCUT2D eigenvalue weighted by Gasteiger charge is -2.11. The Kier molecular flexibility index (Phi) is 5.57. The zero-order valence-electron chi connectivity index (χ0n) is 11.8. The molecule has 1 fully saturated rings. The number of benzene rings is 1. The molecule has 0 aromatic heterocycles. The molecule has 6 heteroatoms. The van der Waals surface area contributed by atoms with Crippen molar-refractivity contribution in [3.05, 3.63) is 35.4 Å². The Labute approximate surface area is 123 Å². The summed E-state index contributed by atoms with van der Waals surface area (Å²) in [4.78, 5) is 22.4. The second kappa shape index (κ2) is 7.64. The van der Waals surface area contributed by atoms with Crippen LogP contribution in [0.5, 0.6) is 0 Å². The minimum absolute atomic E-state index is 0.128. The lowest BCUT2D eigenvalue weighted by molar-refractivity contribution is 0.0696. The van der Waals surface area contributed by atoms with E-state index in [2.05, 4.69) is 10.6 Å². The molecule has 2 rings (SSSR count). The number of carboxylic acid groups (broad SMARTS) is 1. The summed E-state index contributed by atoms with van der Waals surface area (Å²) in [5, 5.41) is 14.4. The molecule has 114 valence electrons. The highest BCUT2D eigenvalue weighted by Crippen LogP contribution is 2.10. The van der Waals surface area contributed by atoms with E-state index < -0.39 is 5.97 Å². The second-order valence-corrected chi connectivity index (χ2v) is 5.03. The maximum atomic E-state index is 11.6. The molecule has 2 amide bonds. The third-order valence-electron chi connectivity index (χ3n) is 3.39. The molecule has 21 heavy (non-hydrogen) atoms. The Hall–Kier alpha value is -2.08. The molecule has 3 N–H and O–H groups in total. The number of rotatable bonds is 6. The molecule has 1 unspecified atom stereocenters. The van der Waals surface area contributed by atoms with Gasteiger partial charge >= 0.3 is 12.0 Å². The summed E-state index contributed by atoms with van der Waals surface area (Å²) >= 11 is 0. The molecule has 1 atom stereocenters. The maximum absolute atomic E-state index is 11.6. The minimum atomic E-state index is -0.945. The number of nitrogens with one attached hydrogen (secondary N) is 2. The molecule has 1 aromatic carbocycles. The lowest BCUT2D eigenvalue weighted by Crippen LogP contribution is -2.40. The Morgan fingerprint density at radius 2 is 2.19 bits per heavy atom. The average molecular weight is 292 g/mol. The maximum Gasteiger partial charge on any atom is 0.335 e. The van der Waals surface area contributed by atoms with Crippen molar-refractivity contribution < 1.29 is 19.4 Å². The van der Waals surface area contributed by atoms with Crippen LogP contribution >= 0.6 is 0 Å². The number of amides is 2. The van der Waals surface area contributed by atoms with E-state index in [4.69, 9.17) is 9.84 Å². The first-order valence-corrected chi connectivity index (χ1v) is 7.10. The van der Waals surface area contributed by atoms with Gasteiger partial charge in [-0.05, 0) is 37.0 Å². The fourth-order valence-corrected chi connectivity index (χ4v) is 2.25. The predicted octanol–water partition coefficient (Wildman–Crippen LogP) is 1.41. The van der Waals surface area contributed by atoms with E-state index in [1.54, 1.807) is 18.2 Å². The van der Waals surface area contributed by atoms with Crippen molar-refractivity contribution in [1.29, 1.82) is 0 Å². The highest BCUT2D eigenvalue weighted by Gasteiger charge is 2.15. The summed E-state index contributed by atoms with van der Waals surface area (Å²) in [5.74, 6) is -0.945. The van der Waals surface area contributed by atoms with Crippen molar-refractivity contribution in [2.24, 2.45) is 0 Å². The summed E-state index contributed by atoms with van der Waals surface area (Å²) in [6.07, 6.45) is 2.76. The van der Waals surface area contributed by atoms with Crippen LogP contribution in [0.1, 0.15) is 28.8 Å². The number of ether oxygens (including phenoxy) is 1. The summed E-state index contributed by atoms with van der Waals surface area (Å²) in [5.41, 5.74) is 1.14. The van der Waals surface area contributed by atoms with Gasteiger partial charge in [-0.2, -0.15) is 0 Å². The zero-order valence-corrected chi connectivity index (χ0v) is 11.8. The highest BCUT2D eigenvalue weighted by molar-refractivity contribution is 5.87. The van der Waals surface area contributed by atoms with Crippen molar-refractivity contribution in [3.63, 3.8) is 0 Å². The van der Waals surface area contributed by atoms with Gasteiger partial charge in [0.25, 0.3) is 0 Å². The van der Waals surface area contributed by atoms with Gasteiger partial charge in [0.2, 0.25) is 0 Å². The summed E-state index contributed by atoms with van der Waals surface area (Å²) in [7, 11) is 0. The Balaban J connectivity index is 1.67. The highest BCUT2D eigenvalue weighted by atomic mass is 16.5. The molecule has 1 heterocycles. The van der Waals surface area contributed by atoms with Crippen LogP contribution in [0.3, 0.4) is 0 Å². The van der Waals surface area contributed by atoms with Gasteiger partial charge in [0, 0.05) is 19.7 Å². The van der Waals surface area contributed by atoms with E-state index >= 15 is 0 Å². The number of carbonyl (C=O) groups is 2. The molecule has 1 saturated heterocycles. The van der Waals surface area contributed by atoms with Crippen molar-refractivity contribution in [2.45, 2.75) is 25.4 Å². The van der Waals surface area contributed by atoms with Crippen LogP contribution in [0.15, 0.2) is 24.3 Å². The fraction of sp³-hybridized carbons (Fsp3) is 0.467. The van der Waals surface area contributed by atoms with Crippen LogP contribution in [0.2, 0.25) is 0 Å². The summed E-state index contributed by atoms with van der Waals surface area (Å²) in [6.45, 7) is 1.76. The van der Waals surface area contributed by atoms with Gasteiger partial charge in [-0.25, -0.2) is 9.59 Å². The Bertz CT molecular complexity index is 498. The van der Waals surface area contributed by atoms with Crippen molar-refractivity contribution in [3.8, 4) is 0 Å². The quantitative estimate of drug-likeness (QED) is 0.739. The zero-order chi connectivity index (χ0) is 15.1. The van der Waals surface area contributed by atoms with Gasteiger partial charge in [-0.15, -0.1) is 0 Å². The molecule has 0 aliphatic carbocycles. The summed E-state index contributed by atoms with van der Waals surface area (Å²) < 4.78 is 5.41. The molecule has 0 spiro atoms. The van der Waals surface area contributed by atoms with Crippen LogP contribution in [0, 0.1) is 0 Å². The molecule has 1 aliphatic heterocycles. The first-order chi connectivity index (χ1) is 10.1. The lowest BCUT2D eigenvalue weighted by atomic mass is 10.1. The molecular formula is C15H20N2O4. The van der Waals surface area contributed by atoms with Crippen LogP contribution in [0.4, 0.5) is 4.79 Å². The van der Waals surface area contributed by atoms with Gasteiger partial charge in [0.15, 0.2) is 0 Å². The largest absolute Gasteiger partial charge is 0.478 e. The third kappa shape index (κ3) is 5.07. The second-order valence-electron chi connectivity index (χ2n) is 5.03. The Morgan fingerprint density at radius 3 is 2.90 bits per heavy atom. The first kappa shape index (κ1) is 15.3. The number of urea groups is 1. The van der Waals surface area contributed by atoms with E-state index in [1.165, 1.54) is 0 Å². The number of hydrogen-bond donors (Lipinski definition) is 3. The molecule has 0 bridgehead atoms. The van der Waals surface area contributed by atoms with Crippen molar-refractivity contribution >= 4 is 12.0 Å². The topological polar surface area (TPSA) is 87.7 Å². The average Bonchev–Trinajstić information content (AvgIpc) is 2.99. The van der Waals surface area contributed by atoms with Gasteiger partial charge in [0.1, 0.15) is 0 Å². The van der Waals surface area contributed by atoms with E-state index in [9.17, 15) is 9.59 Å². The molecule has 6 nitrogen and oxygen atoms in total. The van der Waals surface area contributed by atoms with Crippen LogP contribution in [0.25, 0.3) is 0 Å². The smallest absolute Gasteiger partial charge is 0.335 e. The SMILES string of the molecule is O=C(NCCc1cccc(C(=O)O)c1)NCC1CCCO1. The van der Waals surface area contributed by atoms with Crippen LogP contribution in [-0.4, -0.2) is 42.9 Å². The van der Waals surface area contributed by atoms with E-state index in [0.717, 1.165) is 25.0 Å². The molecule has 0 saturated carbocycles. The Morgan fingerprint density at radius 1 is 1.33 bits per heavy atom. The number of aromatic carboxylic acids is 1. The van der Waals surface area contributed by atoms with E-state index in [1.807, 2.05) is 6.07 Å². The van der Waals surface area contributed by atoms with E-state index in [0.29, 0.717) is 19.5 Å².